The van der Waals surface area contributed by atoms with Gasteiger partial charge in [0.25, 0.3) is 11.8 Å². The average molecular weight is 483 g/mol. The molecule has 3 aromatic heterocycles. The molecule has 0 radical (unpaired) electrons. The second kappa shape index (κ2) is 9.89. The molecule has 1 aromatic carbocycles. The van der Waals surface area contributed by atoms with E-state index in [1.807, 2.05) is 46.8 Å². The average Bonchev–Trinajstić information content (AvgIpc) is 3.33. The Morgan fingerprint density at radius 1 is 1.06 bits per heavy atom. The highest BCUT2D eigenvalue weighted by molar-refractivity contribution is 6.06. The molecular weight excluding hydrogens is 452 g/mol. The standard InChI is InChI=1S/C28H30N6O2/c1-18(2)34-26-24(17-30-34)23(15-25(32-26)22-9-5-4-7-19(22)3)28(36)33-13-10-21(11-14-33)31-27(35)20-8-6-12-29-16-20/h4-9,12,15-18,21H,10-11,13-14H2,1-3H3,(H,31,35). The molecule has 1 aliphatic heterocycles. The summed E-state index contributed by atoms with van der Waals surface area (Å²) < 4.78 is 1.87. The zero-order valence-electron chi connectivity index (χ0n) is 20.8. The molecule has 8 nitrogen and oxygen atoms in total. The molecule has 184 valence electrons. The number of piperidine rings is 1. The molecule has 36 heavy (non-hydrogen) atoms. The second-order valence-corrected chi connectivity index (χ2v) is 9.57. The molecule has 1 aliphatic rings. The minimum atomic E-state index is -0.132. The lowest BCUT2D eigenvalue weighted by Crippen LogP contribution is -2.46. The number of pyridine rings is 2. The zero-order chi connectivity index (χ0) is 25.2. The normalized spacial score (nSPS) is 14.4. The summed E-state index contributed by atoms with van der Waals surface area (Å²) >= 11 is 0. The SMILES string of the molecule is Cc1ccccc1-c1cc(C(=O)N2CCC(NC(=O)c3cccnc3)CC2)c2cnn(C(C)C)c2n1. The lowest BCUT2D eigenvalue weighted by Gasteiger charge is -2.32. The van der Waals surface area contributed by atoms with Crippen molar-refractivity contribution in [1.29, 1.82) is 0 Å². The molecule has 0 unspecified atom stereocenters. The minimum Gasteiger partial charge on any atom is -0.349 e. The van der Waals surface area contributed by atoms with Crippen LogP contribution in [0, 0.1) is 6.92 Å². The van der Waals surface area contributed by atoms with Crippen LogP contribution in [-0.2, 0) is 0 Å². The van der Waals surface area contributed by atoms with Gasteiger partial charge in [0.15, 0.2) is 5.65 Å². The van der Waals surface area contributed by atoms with E-state index in [4.69, 9.17) is 4.98 Å². The third-order valence-corrected chi connectivity index (χ3v) is 6.75. The van der Waals surface area contributed by atoms with Crippen LogP contribution in [0.3, 0.4) is 0 Å². The van der Waals surface area contributed by atoms with Crippen molar-refractivity contribution in [2.24, 2.45) is 0 Å². The monoisotopic (exact) mass is 482 g/mol. The summed E-state index contributed by atoms with van der Waals surface area (Å²) in [6.07, 6.45) is 6.35. The summed E-state index contributed by atoms with van der Waals surface area (Å²) in [5.74, 6) is -0.162. The number of carbonyl (C=O) groups excluding carboxylic acids is 2. The van der Waals surface area contributed by atoms with Crippen LogP contribution < -0.4 is 5.32 Å². The van der Waals surface area contributed by atoms with Crippen LogP contribution in [0.4, 0.5) is 0 Å². The molecule has 0 bridgehead atoms. The Morgan fingerprint density at radius 3 is 2.53 bits per heavy atom. The number of carbonyl (C=O) groups is 2. The predicted molar refractivity (Wildman–Crippen MR) is 139 cm³/mol. The highest BCUT2D eigenvalue weighted by Crippen LogP contribution is 2.29. The number of nitrogens with zero attached hydrogens (tertiary/aromatic N) is 5. The Bertz CT molecular complexity index is 1400. The molecule has 2 amide bonds. The Hall–Kier alpha value is -4.07. The van der Waals surface area contributed by atoms with Crippen molar-refractivity contribution in [2.75, 3.05) is 13.1 Å². The van der Waals surface area contributed by atoms with E-state index in [0.29, 0.717) is 42.7 Å². The lowest BCUT2D eigenvalue weighted by atomic mass is 10.0. The smallest absolute Gasteiger partial charge is 0.254 e. The van der Waals surface area contributed by atoms with Crippen LogP contribution in [0.2, 0.25) is 0 Å². The first-order valence-corrected chi connectivity index (χ1v) is 12.4. The molecule has 5 rings (SSSR count). The van der Waals surface area contributed by atoms with Crippen molar-refractivity contribution >= 4 is 22.8 Å². The third-order valence-electron chi connectivity index (χ3n) is 6.75. The topological polar surface area (TPSA) is 93.0 Å². The highest BCUT2D eigenvalue weighted by atomic mass is 16.2. The Balaban J connectivity index is 1.40. The van der Waals surface area contributed by atoms with Gasteiger partial charge in [0.2, 0.25) is 0 Å². The number of fused-ring (bicyclic) bond motifs is 1. The third kappa shape index (κ3) is 4.58. The lowest BCUT2D eigenvalue weighted by molar-refractivity contribution is 0.0700. The van der Waals surface area contributed by atoms with E-state index in [1.165, 1.54) is 0 Å². The Morgan fingerprint density at radius 2 is 1.83 bits per heavy atom. The van der Waals surface area contributed by atoms with E-state index in [9.17, 15) is 9.59 Å². The van der Waals surface area contributed by atoms with Crippen molar-refractivity contribution in [1.82, 2.24) is 30.0 Å². The molecule has 1 fully saturated rings. The molecule has 0 spiro atoms. The van der Waals surface area contributed by atoms with E-state index < -0.39 is 0 Å². The van der Waals surface area contributed by atoms with Gasteiger partial charge in [-0.25, -0.2) is 9.67 Å². The number of benzene rings is 1. The number of aromatic nitrogens is 4. The maximum atomic E-state index is 13.8. The van der Waals surface area contributed by atoms with E-state index >= 15 is 0 Å². The van der Waals surface area contributed by atoms with E-state index in [0.717, 1.165) is 22.2 Å². The molecular formula is C28H30N6O2. The zero-order valence-corrected chi connectivity index (χ0v) is 20.8. The largest absolute Gasteiger partial charge is 0.349 e. The molecule has 0 aliphatic carbocycles. The number of likely N-dealkylation sites (tertiary alicyclic amines) is 1. The summed E-state index contributed by atoms with van der Waals surface area (Å²) in [5, 5.41) is 8.38. The number of rotatable bonds is 5. The van der Waals surface area contributed by atoms with E-state index in [-0.39, 0.29) is 23.9 Å². The Labute approximate surface area is 210 Å². The molecule has 8 heteroatoms. The van der Waals surface area contributed by atoms with Crippen LogP contribution in [0.5, 0.6) is 0 Å². The van der Waals surface area contributed by atoms with Gasteiger partial charge in [0.1, 0.15) is 0 Å². The number of aryl methyl sites for hydroxylation is 1. The van der Waals surface area contributed by atoms with Crippen LogP contribution in [-0.4, -0.2) is 55.6 Å². The van der Waals surface area contributed by atoms with Gasteiger partial charge in [-0.05, 0) is 57.4 Å². The fourth-order valence-corrected chi connectivity index (χ4v) is 4.73. The maximum absolute atomic E-state index is 13.8. The van der Waals surface area contributed by atoms with Gasteiger partial charge in [-0.2, -0.15) is 5.10 Å². The number of hydrogen-bond donors (Lipinski definition) is 1. The Kier molecular flexibility index (Phi) is 6.50. The van der Waals surface area contributed by atoms with Crippen molar-refractivity contribution in [3.05, 3.63) is 77.7 Å². The van der Waals surface area contributed by atoms with E-state index in [2.05, 4.69) is 29.2 Å². The molecule has 1 N–H and O–H groups in total. The summed E-state index contributed by atoms with van der Waals surface area (Å²) in [6, 6.07) is 13.6. The van der Waals surface area contributed by atoms with Crippen LogP contribution in [0.25, 0.3) is 22.3 Å². The van der Waals surface area contributed by atoms with Crippen molar-refractivity contribution in [2.45, 2.75) is 45.7 Å². The second-order valence-electron chi connectivity index (χ2n) is 9.57. The minimum absolute atomic E-state index is 0.0189. The first-order valence-electron chi connectivity index (χ1n) is 12.4. The first kappa shape index (κ1) is 23.7. The van der Waals surface area contributed by atoms with E-state index in [1.54, 1.807) is 30.7 Å². The number of hydrogen-bond acceptors (Lipinski definition) is 5. The fraction of sp³-hybridized carbons (Fsp3) is 0.321. The van der Waals surface area contributed by atoms with Crippen molar-refractivity contribution in [3.63, 3.8) is 0 Å². The first-order chi connectivity index (χ1) is 17.4. The predicted octanol–water partition coefficient (Wildman–Crippen LogP) is 4.42. The van der Waals surface area contributed by atoms with Gasteiger partial charge in [-0.1, -0.05) is 24.3 Å². The molecule has 4 aromatic rings. The van der Waals surface area contributed by atoms with Gasteiger partial charge in [0, 0.05) is 43.1 Å². The van der Waals surface area contributed by atoms with Gasteiger partial charge in [0.05, 0.1) is 28.4 Å². The maximum Gasteiger partial charge on any atom is 0.254 e. The van der Waals surface area contributed by atoms with Gasteiger partial charge in [-0.15, -0.1) is 0 Å². The molecule has 0 atom stereocenters. The molecule has 4 heterocycles. The van der Waals surface area contributed by atoms with Gasteiger partial charge < -0.3 is 10.2 Å². The quantitative estimate of drug-likeness (QED) is 0.455. The van der Waals surface area contributed by atoms with Crippen molar-refractivity contribution < 1.29 is 9.59 Å². The highest BCUT2D eigenvalue weighted by Gasteiger charge is 2.27. The summed E-state index contributed by atoms with van der Waals surface area (Å²) in [5.41, 5.74) is 4.74. The number of amides is 2. The van der Waals surface area contributed by atoms with Crippen molar-refractivity contribution in [3.8, 4) is 11.3 Å². The van der Waals surface area contributed by atoms with Crippen LogP contribution in [0.15, 0.2) is 61.1 Å². The summed E-state index contributed by atoms with van der Waals surface area (Å²) in [4.78, 5) is 37.1. The van der Waals surface area contributed by atoms with Crippen LogP contribution >= 0.6 is 0 Å². The fourth-order valence-electron chi connectivity index (χ4n) is 4.73. The summed E-state index contributed by atoms with van der Waals surface area (Å²) in [7, 11) is 0. The number of nitrogens with one attached hydrogen (secondary N) is 1. The summed E-state index contributed by atoms with van der Waals surface area (Å²) in [6.45, 7) is 7.30. The molecule has 1 saturated heterocycles. The molecule has 0 saturated carbocycles. The van der Waals surface area contributed by atoms with Gasteiger partial charge >= 0.3 is 0 Å². The van der Waals surface area contributed by atoms with Gasteiger partial charge in [-0.3, -0.25) is 14.6 Å². The van der Waals surface area contributed by atoms with Crippen LogP contribution in [0.1, 0.15) is 59.0 Å².